The zero-order valence-corrected chi connectivity index (χ0v) is 12.7. The Morgan fingerprint density at radius 2 is 1.95 bits per heavy atom. The minimum atomic E-state index is -0.365. The lowest BCUT2D eigenvalue weighted by molar-refractivity contribution is -0.384. The highest BCUT2D eigenvalue weighted by atomic mass is 79.9. The predicted molar refractivity (Wildman–Crippen MR) is 81.2 cm³/mol. The van der Waals surface area contributed by atoms with E-state index in [2.05, 4.69) is 31.0 Å². The Bertz CT molecular complexity index is 513. The molecular formula is C13H17BrN4O2. The number of nitrogens with one attached hydrogen (secondary N) is 1. The zero-order chi connectivity index (χ0) is 14.1. The number of benzene rings is 1. The smallest absolute Gasteiger partial charge is 0.270 e. The molecule has 0 aromatic heterocycles. The average Bonchev–Trinajstić information content (AvgIpc) is 2.37. The first-order valence-corrected chi connectivity index (χ1v) is 7.58. The van der Waals surface area contributed by atoms with Gasteiger partial charge in [0.1, 0.15) is 0 Å². The molecule has 2 aliphatic rings. The van der Waals surface area contributed by atoms with Crippen molar-refractivity contribution in [1.29, 1.82) is 0 Å². The van der Waals surface area contributed by atoms with Gasteiger partial charge in [0.2, 0.25) is 0 Å². The molecule has 2 aliphatic heterocycles. The van der Waals surface area contributed by atoms with Gasteiger partial charge in [0, 0.05) is 61.9 Å². The number of hydrogen-bond donors (Lipinski definition) is 1. The molecule has 2 saturated heterocycles. The highest BCUT2D eigenvalue weighted by molar-refractivity contribution is 9.10. The third kappa shape index (κ3) is 2.65. The normalized spacial score (nSPS) is 20.8. The van der Waals surface area contributed by atoms with Crippen molar-refractivity contribution < 1.29 is 4.92 Å². The molecule has 0 saturated carbocycles. The second kappa shape index (κ2) is 5.67. The summed E-state index contributed by atoms with van der Waals surface area (Å²) in [5, 5.41) is 14.1. The van der Waals surface area contributed by atoms with Crippen LogP contribution < -0.4 is 10.2 Å². The van der Waals surface area contributed by atoms with E-state index in [1.165, 1.54) is 0 Å². The lowest BCUT2D eigenvalue weighted by atomic mass is 10.1. The van der Waals surface area contributed by atoms with Crippen LogP contribution in [0.4, 0.5) is 11.4 Å². The monoisotopic (exact) mass is 340 g/mol. The zero-order valence-electron chi connectivity index (χ0n) is 11.1. The van der Waals surface area contributed by atoms with Crippen molar-refractivity contribution in [1.82, 2.24) is 10.2 Å². The number of halogens is 1. The van der Waals surface area contributed by atoms with Crippen LogP contribution in [0.3, 0.4) is 0 Å². The number of hydrogen-bond acceptors (Lipinski definition) is 5. The lowest BCUT2D eigenvalue weighted by Gasteiger charge is -2.44. The molecule has 6 nitrogen and oxygen atoms in total. The Morgan fingerprint density at radius 1 is 1.25 bits per heavy atom. The van der Waals surface area contributed by atoms with Crippen molar-refractivity contribution in [2.24, 2.45) is 0 Å². The summed E-state index contributed by atoms with van der Waals surface area (Å²) in [6.07, 6.45) is 0. The second-order valence-corrected chi connectivity index (χ2v) is 6.08. The van der Waals surface area contributed by atoms with Gasteiger partial charge in [-0.2, -0.15) is 0 Å². The second-order valence-electron chi connectivity index (χ2n) is 5.23. The van der Waals surface area contributed by atoms with Gasteiger partial charge in [-0.3, -0.25) is 15.0 Å². The van der Waals surface area contributed by atoms with E-state index in [0.717, 1.165) is 49.4 Å². The SMILES string of the molecule is O=[N+]([O-])c1ccc(N2CCN(C3CNC3)CC2)c(Br)c1. The van der Waals surface area contributed by atoms with Crippen LogP contribution in [0.2, 0.25) is 0 Å². The maximum atomic E-state index is 10.8. The van der Waals surface area contributed by atoms with E-state index in [0.29, 0.717) is 6.04 Å². The van der Waals surface area contributed by atoms with Crippen molar-refractivity contribution in [3.8, 4) is 0 Å². The average molecular weight is 341 g/mol. The molecule has 0 amide bonds. The largest absolute Gasteiger partial charge is 0.368 e. The predicted octanol–water partition coefficient (Wildman–Crippen LogP) is 1.45. The van der Waals surface area contributed by atoms with E-state index in [4.69, 9.17) is 0 Å². The van der Waals surface area contributed by atoms with Gasteiger partial charge in [-0.15, -0.1) is 0 Å². The molecule has 0 radical (unpaired) electrons. The Morgan fingerprint density at radius 3 is 2.45 bits per heavy atom. The number of rotatable bonds is 3. The summed E-state index contributed by atoms with van der Waals surface area (Å²) in [7, 11) is 0. The van der Waals surface area contributed by atoms with Gasteiger partial charge >= 0.3 is 0 Å². The summed E-state index contributed by atoms with van der Waals surface area (Å²) in [6, 6.07) is 5.68. The molecule has 0 bridgehead atoms. The maximum absolute atomic E-state index is 10.8. The maximum Gasteiger partial charge on any atom is 0.270 e. The van der Waals surface area contributed by atoms with E-state index >= 15 is 0 Å². The van der Waals surface area contributed by atoms with Gasteiger partial charge in [0.05, 0.1) is 10.6 Å². The molecule has 1 aromatic carbocycles. The van der Waals surface area contributed by atoms with Crippen molar-refractivity contribution in [2.75, 3.05) is 44.2 Å². The third-order valence-corrected chi connectivity index (χ3v) is 4.71. The quantitative estimate of drug-likeness (QED) is 0.666. The van der Waals surface area contributed by atoms with E-state index in [1.807, 2.05) is 6.07 Å². The third-order valence-electron chi connectivity index (χ3n) is 4.07. The van der Waals surface area contributed by atoms with Crippen LogP contribution in [-0.2, 0) is 0 Å². The molecular weight excluding hydrogens is 324 g/mol. The van der Waals surface area contributed by atoms with Crippen molar-refractivity contribution in [2.45, 2.75) is 6.04 Å². The number of nitro benzene ring substituents is 1. The number of nitro groups is 1. The summed E-state index contributed by atoms with van der Waals surface area (Å²) in [6.45, 7) is 6.23. The summed E-state index contributed by atoms with van der Waals surface area (Å²) in [5.74, 6) is 0. The highest BCUT2D eigenvalue weighted by Gasteiger charge is 2.28. The Labute approximate surface area is 126 Å². The molecule has 7 heteroatoms. The van der Waals surface area contributed by atoms with E-state index < -0.39 is 0 Å². The molecule has 0 unspecified atom stereocenters. The first kappa shape index (κ1) is 13.8. The van der Waals surface area contributed by atoms with Crippen LogP contribution in [-0.4, -0.2) is 55.1 Å². The lowest BCUT2D eigenvalue weighted by Crippen LogP contribution is -2.61. The van der Waals surface area contributed by atoms with Crippen molar-refractivity contribution in [3.05, 3.63) is 32.8 Å². The number of nitrogens with zero attached hydrogens (tertiary/aromatic N) is 3. The Hall–Kier alpha value is -1.18. The molecule has 1 N–H and O–H groups in total. The van der Waals surface area contributed by atoms with Crippen molar-refractivity contribution in [3.63, 3.8) is 0 Å². The fourth-order valence-electron chi connectivity index (χ4n) is 2.73. The van der Waals surface area contributed by atoms with Crippen LogP contribution in [0.1, 0.15) is 0 Å². The number of piperazine rings is 1. The molecule has 3 rings (SSSR count). The van der Waals surface area contributed by atoms with E-state index in [-0.39, 0.29) is 10.6 Å². The minimum Gasteiger partial charge on any atom is -0.368 e. The van der Waals surface area contributed by atoms with Crippen LogP contribution in [0.25, 0.3) is 0 Å². The molecule has 0 spiro atoms. The Balaban J connectivity index is 1.66. The fourth-order valence-corrected chi connectivity index (χ4v) is 3.34. The van der Waals surface area contributed by atoms with Gasteiger partial charge < -0.3 is 10.2 Å². The topological polar surface area (TPSA) is 61.7 Å². The Kier molecular flexibility index (Phi) is 3.91. The first-order valence-electron chi connectivity index (χ1n) is 6.79. The van der Waals surface area contributed by atoms with Gasteiger partial charge in [-0.05, 0) is 22.0 Å². The van der Waals surface area contributed by atoms with Crippen LogP contribution in [0.15, 0.2) is 22.7 Å². The molecule has 1 aromatic rings. The first-order chi connectivity index (χ1) is 9.65. The van der Waals surface area contributed by atoms with Crippen LogP contribution in [0, 0.1) is 10.1 Å². The van der Waals surface area contributed by atoms with Gasteiger partial charge in [-0.1, -0.05) is 0 Å². The van der Waals surface area contributed by atoms with Crippen molar-refractivity contribution >= 4 is 27.3 Å². The van der Waals surface area contributed by atoms with Gasteiger partial charge in [0.25, 0.3) is 5.69 Å². The molecule has 0 aliphatic carbocycles. The number of anilines is 1. The summed E-state index contributed by atoms with van der Waals surface area (Å²) in [4.78, 5) is 15.2. The summed E-state index contributed by atoms with van der Waals surface area (Å²) >= 11 is 3.45. The van der Waals surface area contributed by atoms with Gasteiger partial charge in [-0.25, -0.2) is 0 Å². The van der Waals surface area contributed by atoms with E-state index in [1.54, 1.807) is 12.1 Å². The fraction of sp³-hybridized carbons (Fsp3) is 0.538. The van der Waals surface area contributed by atoms with Crippen LogP contribution in [0.5, 0.6) is 0 Å². The standard InChI is InChI=1S/C13H17BrN4O2/c14-12-7-10(18(19)20)1-2-13(12)17-5-3-16(4-6-17)11-8-15-9-11/h1-2,7,11,15H,3-6,8-9H2. The summed E-state index contributed by atoms with van der Waals surface area (Å²) < 4.78 is 0.797. The van der Waals surface area contributed by atoms with E-state index in [9.17, 15) is 10.1 Å². The minimum absolute atomic E-state index is 0.125. The molecule has 2 heterocycles. The molecule has 20 heavy (non-hydrogen) atoms. The van der Waals surface area contributed by atoms with Crippen LogP contribution >= 0.6 is 15.9 Å². The molecule has 0 atom stereocenters. The summed E-state index contributed by atoms with van der Waals surface area (Å²) in [5.41, 5.74) is 1.17. The highest BCUT2D eigenvalue weighted by Crippen LogP contribution is 2.31. The molecule has 2 fully saturated rings. The van der Waals surface area contributed by atoms with Gasteiger partial charge in [0.15, 0.2) is 0 Å². The number of non-ortho nitro benzene ring substituents is 1. The molecule has 108 valence electrons.